The van der Waals surface area contributed by atoms with Gasteiger partial charge in [-0.05, 0) is 43.1 Å². The Morgan fingerprint density at radius 2 is 2.21 bits per heavy atom. The van der Waals surface area contributed by atoms with E-state index in [0.717, 1.165) is 5.69 Å². The molecule has 0 amide bonds. The van der Waals surface area contributed by atoms with Crippen LogP contribution in [0.15, 0.2) is 24.3 Å². The van der Waals surface area contributed by atoms with Crippen molar-refractivity contribution >= 4 is 5.69 Å². The SMILES string of the molecule is CC(CN1CCC1)c1cccc(N)c1. The molecule has 2 nitrogen and oxygen atoms in total. The molecule has 1 aromatic carbocycles. The number of rotatable bonds is 3. The van der Waals surface area contributed by atoms with Crippen LogP contribution >= 0.6 is 0 Å². The van der Waals surface area contributed by atoms with E-state index < -0.39 is 0 Å². The monoisotopic (exact) mass is 190 g/mol. The molecule has 1 aliphatic rings. The van der Waals surface area contributed by atoms with Crippen LogP contribution in [0.1, 0.15) is 24.8 Å². The Balaban J connectivity index is 1.98. The number of likely N-dealkylation sites (tertiary alicyclic amines) is 1. The van der Waals surface area contributed by atoms with Crippen LogP contribution in [-0.2, 0) is 0 Å². The molecule has 1 aliphatic heterocycles. The smallest absolute Gasteiger partial charge is 0.0316 e. The molecule has 1 fully saturated rings. The Morgan fingerprint density at radius 1 is 1.43 bits per heavy atom. The van der Waals surface area contributed by atoms with Crippen LogP contribution in [0.5, 0.6) is 0 Å². The molecule has 0 bridgehead atoms. The first-order valence-corrected chi connectivity index (χ1v) is 5.33. The maximum Gasteiger partial charge on any atom is 0.0316 e. The second kappa shape index (κ2) is 4.01. The Morgan fingerprint density at radius 3 is 2.79 bits per heavy atom. The highest BCUT2D eigenvalue weighted by Crippen LogP contribution is 2.20. The first-order valence-electron chi connectivity index (χ1n) is 5.33. The minimum Gasteiger partial charge on any atom is -0.399 e. The van der Waals surface area contributed by atoms with Crippen molar-refractivity contribution in [1.29, 1.82) is 0 Å². The summed E-state index contributed by atoms with van der Waals surface area (Å²) in [4.78, 5) is 2.49. The van der Waals surface area contributed by atoms with E-state index in [0.29, 0.717) is 5.92 Å². The molecule has 0 aliphatic carbocycles. The van der Waals surface area contributed by atoms with Crippen LogP contribution in [0.25, 0.3) is 0 Å². The van der Waals surface area contributed by atoms with Gasteiger partial charge in [0, 0.05) is 12.2 Å². The molecule has 0 aromatic heterocycles. The summed E-state index contributed by atoms with van der Waals surface area (Å²) in [6.45, 7) is 5.98. The first-order chi connectivity index (χ1) is 6.75. The van der Waals surface area contributed by atoms with Gasteiger partial charge in [-0.2, -0.15) is 0 Å². The third-order valence-electron chi connectivity index (χ3n) is 2.96. The molecule has 1 atom stereocenters. The highest BCUT2D eigenvalue weighted by Gasteiger charge is 2.17. The van der Waals surface area contributed by atoms with E-state index in [1.165, 1.54) is 31.6 Å². The van der Waals surface area contributed by atoms with E-state index in [-0.39, 0.29) is 0 Å². The summed E-state index contributed by atoms with van der Waals surface area (Å²) >= 11 is 0. The second-order valence-electron chi connectivity index (χ2n) is 4.23. The van der Waals surface area contributed by atoms with Crippen molar-refractivity contribution in [3.8, 4) is 0 Å². The van der Waals surface area contributed by atoms with Crippen LogP contribution in [0.3, 0.4) is 0 Å². The number of hydrogen-bond acceptors (Lipinski definition) is 2. The van der Waals surface area contributed by atoms with E-state index in [4.69, 9.17) is 5.73 Å². The highest BCUT2D eigenvalue weighted by molar-refractivity contribution is 5.41. The molecule has 1 aromatic rings. The average Bonchev–Trinajstić information content (AvgIpc) is 2.11. The van der Waals surface area contributed by atoms with Crippen LogP contribution in [0, 0.1) is 0 Å². The van der Waals surface area contributed by atoms with Gasteiger partial charge in [0.25, 0.3) is 0 Å². The molecule has 0 saturated carbocycles. The van der Waals surface area contributed by atoms with Gasteiger partial charge >= 0.3 is 0 Å². The van der Waals surface area contributed by atoms with Crippen molar-refractivity contribution in [3.05, 3.63) is 29.8 Å². The topological polar surface area (TPSA) is 29.3 Å². The fourth-order valence-corrected chi connectivity index (χ4v) is 1.92. The summed E-state index contributed by atoms with van der Waals surface area (Å²) in [5.41, 5.74) is 7.99. The summed E-state index contributed by atoms with van der Waals surface area (Å²) in [5, 5.41) is 0. The van der Waals surface area contributed by atoms with E-state index in [9.17, 15) is 0 Å². The van der Waals surface area contributed by atoms with Gasteiger partial charge in [0.2, 0.25) is 0 Å². The zero-order chi connectivity index (χ0) is 9.97. The van der Waals surface area contributed by atoms with Crippen LogP contribution in [0.4, 0.5) is 5.69 Å². The largest absolute Gasteiger partial charge is 0.399 e. The van der Waals surface area contributed by atoms with Gasteiger partial charge in [-0.3, -0.25) is 0 Å². The Hall–Kier alpha value is -1.02. The number of hydrogen-bond donors (Lipinski definition) is 1. The number of anilines is 1. The van der Waals surface area contributed by atoms with Gasteiger partial charge in [0.05, 0.1) is 0 Å². The van der Waals surface area contributed by atoms with Gasteiger partial charge in [-0.25, -0.2) is 0 Å². The van der Waals surface area contributed by atoms with Crippen molar-refractivity contribution in [2.75, 3.05) is 25.4 Å². The predicted molar refractivity (Wildman–Crippen MR) is 60.3 cm³/mol. The highest BCUT2D eigenvalue weighted by atomic mass is 15.2. The fraction of sp³-hybridized carbons (Fsp3) is 0.500. The lowest BCUT2D eigenvalue weighted by molar-refractivity contribution is 0.172. The zero-order valence-electron chi connectivity index (χ0n) is 8.74. The number of nitrogens with zero attached hydrogens (tertiary/aromatic N) is 1. The molecular formula is C12H18N2. The minimum absolute atomic E-state index is 0.596. The summed E-state index contributed by atoms with van der Waals surface area (Å²) in [6, 6.07) is 8.24. The summed E-state index contributed by atoms with van der Waals surface area (Å²) in [6.07, 6.45) is 1.36. The van der Waals surface area contributed by atoms with Gasteiger partial charge in [-0.1, -0.05) is 19.1 Å². The standard InChI is InChI=1S/C12H18N2/c1-10(9-14-6-3-7-14)11-4-2-5-12(13)8-11/h2,4-5,8,10H,3,6-7,9,13H2,1H3. The molecule has 1 unspecified atom stereocenters. The summed E-state index contributed by atoms with van der Waals surface area (Å²) in [7, 11) is 0. The minimum atomic E-state index is 0.596. The van der Waals surface area contributed by atoms with Crippen LogP contribution in [-0.4, -0.2) is 24.5 Å². The maximum atomic E-state index is 5.76. The molecule has 14 heavy (non-hydrogen) atoms. The summed E-state index contributed by atoms with van der Waals surface area (Å²) in [5.74, 6) is 0.596. The maximum absolute atomic E-state index is 5.76. The Bertz CT molecular complexity index is 305. The number of nitrogens with two attached hydrogens (primary N) is 1. The lowest BCUT2D eigenvalue weighted by atomic mass is 9.99. The first kappa shape index (κ1) is 9.53. The molecule has 2 heteroatoms. The van der Waals surface area contributed by atoms with Crippen molar-refractivity contribution in [2.45, 2.75) is 19.3 Å². The lowest BCUT2D eigenvalue weighted by Gasteiger charge is -2.33. The van der Waals surface area contributed by atoms with Crippen LogP contribution < -0.4 is 5.73 Å². The lowest BCUT2D eigenvalue weighted by Crippen LogP contribution is -2.39. The van der Waals surface area contributed by atoms with E-state index in [1.807, 2.05) is 12.1 Å². The third-order valence-corrected chi connectivity index (χ3v) is 2.96. The van der Waals surface area contributed by atoms with Gasteiger partial charge < -0.3 is 10.6 Å². The van der Waals surface area contributed by atoms with E-state index >= 15 is 0 Å². The normalized spacial score (nSPS) is 18.9. The van der Waals surface area contributed by atoms with Crippen molar-refractivity contribution in [3.63, 3.8) is 0 Å². The van der Waals surface area contributed by atoms with Gasteiger partial charge in [0.1, 0.15) is 0 Å². The zero-order valence-corrected chi connectivity index (χ0v) is 8.74. The summed E-state index contributed by atoms with van der Waals surface area (Å²) < 4.78 is 0. The van der Waals surface area contributed by atoms with E-state index in [2.05, 4.69) is 24.0 Å². The molecule has 2 N–H and O–H groups in total. The number of benzene rings is 1. The number of nitrogen functional groups attached to an aromatic ring is 1. The molecule has 1 saturated heterocycles. The van der Waals surface area contributed by atoms with Gasteiger partial charge in [0.15, 0.2) is 0 Å². The van der Waals surface area contributed by atoms with Crippen LogP contribution in [0.2, 0.25) is 0 Å². The van der Waals surface area contributed by atoms with Gasteiger partial charge in [-0.15, -0.1) is 0 Å². The predicted octanol–water partition coefficient (Wildman–Crippen LogP) is 2.08. The fourth-order valence-electron chi connectivity index (χ4n) is 1.92. The second-order valence-corrected chi connectivity index (χ2v) is 4.23. The molecule has 2 rings (SSSR count). The molecule has 76 valence electrons. The average molecular weight is 190 g/mol. The quantitative estimate of drug-likeness (QED) is 0.739. The van der Waals surface area contributed by atoms with E-state index in [1.54, 1.807) is 0 Å². The van der Waals surface area contributed by atoms with Crippen molar-refractivity contribution in [1.82, 2.24) is 4.90 Å². The van der Waals surface area contributed by atoms with Crippen molar-refractivity contribution in [2.24, 2.45) is 0 Å². The molecular weight excluding hydrogens is 172 g/mol. The van der Waals surface area contributed by atoms with Crippen molar-refractivity contribution < 1.29 is 0 Å². The molecule has 0 radical (unpaired) electrons. The Labute approximate surface area is 85.7 Å². The third kappa shape index (κ3) is 2.07. The molecule has 0 spiro atoms. The molecule has 1 heterocycles. The Kier molecular flexibility index (Phi) is 2.73.